The van der Waals surface area contributed by atoms with Crippen LogP contribution in [0.5, 0.6) is 0 Å². The van der Waals surface area contributed by atoms with Gasteiger partial charge >= 0.3 is 5.97 Å². The number of carbonyl (C=O) groups excluding carboxylic acids is 1. The molecule has 1 aromatic rings. The summed E-state index contributed by atoms with van der Waals surface area (Å²) >= 11 is 0. The van der Waals surface area contributed by atoms with Crippen molar-refractivity contribution in [3.05, 3.63) is 35.9 Å². The fourth-order valence-electron chi connectivity index (χ4n) is 2.50. The molecule has 0 spiro atoms. The minimum absolute atomic E-state index is 0.199. The van der Waals surface area contributed by atoms with E-state index in [9.17, 15) is 4.79 Å². The molecule has 1 fully saturated rings. The Labute approximate surface area is 109 Å². The lowest BCUT2D eigenvalue weighted by Gasteiger charge is -2.34. The van der Waals surface area contributed by atoms with E-state index in [4.69, 9.17) is 0 Å². The number of hydrogen-bond acceptors (Lipinski definition) is 3. The number of esters is 1. The lowest BCUT2D eigenvalue weighted by Crippen LogP contribution is -2.33. The van der Waals surface area contributed by atoms with Gasteiger partial charge in [-0.3, -0.25) is 4.79 Å². The van der Waals surface area contributed by atoms with Crippen molar-refractivity contribution in [3.63, 3.8) is 0 Å². The molecule has 0 heterocycles. The fourth-order valence-corrected chi connectivity index (χ4v) is 2.50. The summed E-state index contributed by atoms with van der Waals surface area (Å²) in [7, 11) is 1.42. The number of benzene rings is 1. The molecule has 0 aliphatic heterocycles. The third-order valence-electron chi connectivity index (χ3n) is 3.81. The summed E-state index contributed by atoms with van der Waals surface area (Å²) < 4.78 is 4.64. The summed E-state index contributed by atoms with van der Waals surface area (Å²) in [4.78, 5) is 11.1. The monoisotopic (exact) mass is 247 g/mol. The third kappa shape index (κ3) is 3.33. The molecular formula is C15H21NO2. The molecular weight excluding hydrogens is 226 g/mol. The fraction of sp³-hybridized carbons (Fsp3) is 0.533. The Morgan fingerprint density at radius 3 is 2.67 bits per heavy atom. The van der Waals surface area contributed by atoms with Crippen molar-refractivity contribution in [2.45, 2.75) is 25.2 Å². The van der Waals surface area contributed by atoms with Gasteiger partial charge < -0.3 is 10.1 Å². The minimum Gasteiger partial charge on any atom is -0.468 e. The molecule has 0 aromatic heterocycles. The van der Waals surface area contributed by atoms with Crippen LogP contribution in [0.15, 0.2) is 30.3 Å². The van der Waals surface area contributed by atoms with E-state index in [1.807, 2.05) is 6.07 Å². The molecule has 1 saturated carbocycles. The molecule has 1 aliphatic carbocycles. The Kier molecular flexibility index (Phi) is 4.76. The Morgan fingerprint density at radius 1 is 1.39 bits per heavy atom. The normalized spacial score (nSPS) is 16.9. The maximum absolute atomic E-state index is 11.1. The third-order valence-corrected chi connectivity index (χ3v) is 3.81. The first-order valence-corrected chi connectivity index (χ1v) is 6.63. The van der Waals surface area contributed by atoms with Gasteiger partial charge in [0.2, 0.25) is 0 Å². The van der Waals surface area contributed by atoms with E-state index in [-0.39, 0.29) is 5.97 Å². The first-order chi connectivity index (χ1) is 8.81. The van der Waals surface area contributed by atoms with Gasteiger partial charge in [-0.15, -0.1) is 0 Å². The lowest BCUT2D eigenvalue weighted by atomic mass is 9.73. The van der Waals surface area contributed by atoms with Crippen LogP contribution in [0.3, 0.4) is 0 Å². The maximum atomic E-state index is 11.1. The summed E-state index contributed by atoms with van der Waals surface area (Å²) in [5.41, 5.74) is 1.37. The van der Waals surface area contributed by atoms with Crippen molar-refractivity contribution in [2.24, 2.45) is 5.92 Å². The Hall–Kier alpha value is -1.35. The van der Waals surface area contributed by atoms with Crippen molar-refractivity contribution < 1.29 is 9.53 Å². The zero-order valence-electron chi connectivity index (χ0n) is 10.9. The highest BCUT2D eigenvalue weighted by molar-refractivity contribution is 5.71. The van der Waals surface area contributed by atoms with Crippen LogP contribution in [-0.4, -0.2) is 26.2 Å². The molecule has 0 amide bonds. The SMILES string of the molecule is COC(=O)CNCC(c1ccccc1)C1CCC1. The summed E-state index contributed by atoms with van der Waals surface area (Å²) in [6, 6.07) is 10.6. The molecule has 0 saturated heterocycles. The maximum Gasteiger partial charge on any atom is 0.319 e. The van der Waals surface area contributed by atoms with E-state index in [1.54, 1.807) is 0 Å². The molecule has 0 bridgehead atoms. The average molecular weight is 247 g/mol. The number of hydrogen-bond donors (Lipinski definition) is 1. The molecule has 3 heteroatoms. The number of methoxy groups -OCH3 is 1. The zero-order valence-corrected chi connectivity index (χ0v) is 10.9. The highest BCUT2D eigenvalue weighted by Gasteiger charge is 2.28. The molecule has 1 aromatic carbocycles. The molecule has 1 atom stereocenters. The first-order valence-electron chi connectivity index (χ1n) is 6.63. The van der Waals surface area contributed by atoms with Crippen molar-refractivity contribution >= 4 is 5.97 Å². The second-order valence-electron chi connectivity index (χ2n) is 4.92. The number of rotatable bonds is 6. The highest BCUT2D eigenvalue weighted by atomic mass is 16.5. The van der Waals surface area contributed by atoms with E-state index in [0.29, 0.717) is 12.5 Å². The van der Waals surface area contributed by atoms with Gasteiger partial charge in [-0.25, -0.2) is 0 Å². The molecule has 1 unspecified atom stereocenters. The average Bonchev–Trinajstić information content (AvgIpc) is 2.36. The van der Waals surface area contributed by atoms with Crippen LogP contribution in [0, 0.1) is 5.92 Å². The van der Waals surface area contributed by atoms with Crippen molar-refractivity contribution in [3.8, 4) is 0 Å². The van der Waals surface area contributed by atoms with Gasteiger partial charge in [0.05, 0.1) is 13.7 Å². The molecule has 3 nitrogen and oxygen atoms in total. The first kappa shape index (κ1) is 13.1. The van der Waals surface area contributed by atoms with E-state index in [0.717, 1.165) is 12.5 Å². The molecule has 18 heavy (non-hydrogen) atoms. The van der Waals surface area contributed by atoms with Gasteiger partial charge in [0, 0.05) is 6.54 Å². The van der Waals surface area contributed by atoms with Gasteiger partial charge in [-0.05, 0) is 30.2 Å². The van der Waals surface area contributed by atoms with E-state index in [1.165, 1.54) is 31.9 Å². The van der Waals surface area contributed by atoms with Crippen LogP contribution >= 0.6 is 0 Å². The zero-order chi connectivity index (χ0) is 12.8. The van der Waals surface area contributed by atoms with Crippen LogP contribution in [-0.2, 0) is 9.53 Å². The second kappa shape index (κ2) is 6.55. The van der Waals surface area contributed by atoms with Gasteiger partial charge in [-0.2, -0.15) is 0 Å². The van der Waals surface area contributed by atoms with Gasteiger partial charge in [0.15, 0.2) is 0 Å². The number of ether oxygens (including phenoxy) is 1. The predicted octanol–water partition coefficient (Wildman–Crippen LogP) is 2.33. The van der Waals surface area contributed by atoms with Crippen molar-refractivity contribution in [1.29, 1.82) is 0 Å². The highest BCUT2D eigenvalue weighted by Crippen LogP contribution is 2.38. The summed E-state index contributed by atoms with van der Waals surface area (Å²) in [6.07, 6.45) is 3.95. The summed E-state index contributed by atoms with van der Waals surface area (Å²) in [5.74, 6) is 1.08. The Balaban J connectivity index is 1.91. The topological polar surface area (TPSA) is 38.3 Å². The number of nitrogens with one attached hydrogen (secondary N) is 1. The van der Waals surface area contributed by atoms with E-state index in [2.05, 4.69) is 34.3 Å². The number of carbonyl (C=O) groups is 1. The molecule has 98 valence electrons. The van der Waals surface area contributed by atoms with Gasteiger partial charge in [-0.1, -0.05) is 36.8 Å². The van der Waals surface area contributed by atoms with Crippen molar-refractivity contribution in [2.75, 3.05) is 20.2 Å². The van der Waals surface area contributed by atoms with E-state index >= 15 is 0 Å². The van der Waals surface area contributed by atoms with Crippen LogP contribution in [0.4, 0.5) is 0 Å². The van der Waals surface area contributed by atoms with Crippen LogP contribution < -0.4 is 5.32 Å². The second-order valence-corrected chi connectivity index (χ2v) is 4.92. The van der Waals surface area contributed by atoms with Crippen LogP contribution in [0.25, 0.3) is 0 Å². The lowest BCUT2D eigenvalue weighted by molar-refractivity contribution is -0.139. The molecule has 1 N–H and O–H groups in total. The van der Waals surface area contributed by atoms with Gasteiger partial charge in [0.25, 0.3) is 0 Å². The quantitative estimate of drug-likeness (QED) is 0.784. The van der Waals surface area contributed by atoms with Crippen molar-refractivity contribution in [1.82, 2.24) is 5.32 Å². The minimum atomic E-state index is -0.199. The Morgan fingerprint density at radius 2 is 2.11 bits per heavy atom. The molecule has 2 rings (SSSR count). The van der Waals surface area contributed by atoms with Gasteiger partial charge in [0.1, 0.15) is 0 Å². The summed E-state index contributed by atoms with van der Waals surface area (Å²) in [5, 5.41) is 3.21. The molecule has 1 aliphatic rings. The standard InChI is InChI=1S/C15H21NO2/c1-18-15(17)11-16-10-14(13-8-5-9-13)12-6-3-2-4-7-12/h2-4,6-7,13-14,16H,5,8-11H2,1H3. The summed E-state index contributed by atoms with van der Waals surface area (Å²) in [6.45, 7) is 1.15. The largest absolute Gasteiger partial charge is 0.468 e. The molecule has 0 radical (unpaired) electrons. The van der Waals surface area contributed by atoms with E-state index < -0.39 is 0 Å². The Bertz CT molecular complexity index is 373. The predicted molar refractivity (Wildman–Crippen MR) is 71.4 cm³/mol. The smallest absolute Gasteiger partial charge is 0.319 e. The van der Waals surface area contributed by atoms with Crippen LogP contribution in [0.2, 0.25) is 0 Å². The van der Waals surface area contributed by atoms with Crippen LogP contribution in [0.1, 0.15) is 30.7 Å².